The first-order chi connectivity index (χ1) is 37.6. The van der Waals surface area contributed by atoms with Gasteiger partial charge in [-0.3, -0.25) is 9.59 Å². The van der Waals surface area contributed by atoms with Gasteiger partial charge in [-0.1, -0.05) is 85.3 Å². The van der Waals surface area contributed by atoms with E-state index < -0.39 is 5.97 Å². The highest BCUT2D eigenvalue weighted by Crippen LogP contribution is 2.49. The maximum Gasteiger partial charge on any atom is 0.305 e. The molecule has 0 fully saturated rings. The number of carboxylic acid groups (broad SMARTS) is 1. The molecule has 0 bridgehead atoms. The quantitative estimate of drug-likeness (QED) is 0.0250. The summed E-state index contributed by atoms with van der Waals surface area (Å²) in [7, 11) is 1.61. The van der Waals surface area contributed by atoms with Gasteiger partial charge in [0.25, 0.3) is 0 Å². The fourth-order valence-electron chi connectivity index (χ4n) is 10.9. The van der Waals surface area contributed by atoms with E-state index in [1.165, 1.54) is 51.4 Å². The first-order valence-electron chi connectivity index (χ1n) is 27.5. The van der Waals surface area contributed by atoms with Gasteiger partial charge in [0, 0.05) is 95.2 Å². The van der Waals surface area contributed by atoms with E-state index in [1.54, 1.807) is 13.2 Å². The van der Waals surface area contributed by atoms with Crippen molar-refractivity contribution >= 4 is 63.0 Å². The van der Waals surface area contributed by atoms with Gasteiger partial charge in [0.05, 0.1) is 17.5 Å². The van der Waals surface area contributed by atoms with Crippen LogP contribution in [0.3, 0.4) is 0 Å². The molecule has 2 N–H and O–H groups in total. The molecular weight excluding hydrogens is 998 g/mol. The molecule has 12 nitrogen and oxygen atoms in total. The third-order valence-electron chi connectivity index (χ3n) is 15.1. The summed E-state index contributed by atoms with van der Waals surface area (Å²) in [5.41, 5.74) is 14.0. The number of rotatable bonds is 25. The molecule has 4 aromatic carbocycles. The number of benzene rings is 4. The number of carboxylic acids is 1. The Morgan fingerprint density at radius 1 is 0.821 bits per heavy atom. The summed E-state index contributed by atoms with van der Waals surface area (Å²) >= 11 is 7.37. The van der Waals surface area contributed by atoms with Gasteiger partial charge in [-0.05, 0) is 132 Å². The number of fused-ring (bicyclic) bond motifs is 3. The lowest BCUT2D eigenvalue weighted by Gasteiger charge is -2.27. The molecule has 1 aliphatic carbocycles. The van der Waals surface area contributed by atoms with Gasteiger partial charge in [-0.15, -0.1) is 6.42 Å². The Kier molecular flexibility index (Phi) is 19.0. The molecule has 5 aromatic rings. The molecule has 0 saturated carbocycles. The molecule has 8 rings (SSSR count). The van der Waals surface area contributed by atoms with Crippen molar-refractivity contribution < 1.29 is 38.2 Å². The molecule has 3 aliphatic rings. The summed E-state index contributed by atoms with van der Waals surface area (Å²) in [5, 5.41) is 14.1. The average Bonchev–Trinajstić information content (AvgIpc) is 3.89. The minimum atomic E-state index is -0.741. The maximum atomic E-state index is 13.0. The Morgan fingerprint density at radius 2 is 1.56 bits per heavy atom. The van der Waals surface area contributed by atoms with E-state index in [9.17, 15) is 14.7 Å². The van der Waals surface area contributed by atoms with Crippen LogP contribution >= 0.6 is 11.6 Å². The summed E-state index contributed by atoms with van der Waals surface area (Å²) in [4.78, 5) is 35.7. The highest BCUT2D eigenvalue weighted by atomic mass is 35.5. The van der Waals surface area contributed by atoms with Crippen LogP contribution in [0.2, 0.25) is 0 Å². The Hall–Kier alpha value is -7.20. The number of anilines is 3. The maximum absolute atomic E-state index is 13.0. The third-order valence-corrected chi connectivity index (χ3v) is 15.6. The van der Waals surface area contributed by atoms with Crippen LogP contribution in [0.1, 0.15) is 126 Å². The van der Waals surface area contributed by atoms with Crippen molar-refractivity contribution in [3.05, 3.63) is 153 Å². The Balaban J connectivity index is 0.895. The number of carbonyl (C=O) groups is 2. The predicted molar refractivity (Wildman–Crippen MR) is 313 cm³/mol. The first kappa shape index (κ1) is 57.0. The minimum absolute atomic E-state index is 0.0764. The van der Waals surface area contributed by atoms with E-state index >= 15 is 0 Å². The largest absolute Gasteiger partial charge is 0.487 e. The van der Waals surface area contributed by atoms with Crippen molar-refractivity contribution in [3.63, 3.8) is 0 Å². The summed E-state index contributed by atoms with van der Waals surface area (Å²) < 4.78 is 25.5. The first-order valence-corrected chi connectivity index (χ1v) is 27.8. The monoisotopic (exact) mass is 1070 g/mol. The van der Waals surface area contributed by atoms with Crippen LogP contribution in [0.25, 0.3) is 10.9 Å². The smallest absolute Gasteiger partial charge is 0.305 e. The molecule has 2 aliphatic heterocycles. The van der Waals surface area contributed by atoms with E-state index in [2.05, 4.69) is 133 Å². The highest BCUT2D eigenvalue weighted by Gasteiger charge is 2.44. The van der Waals surface area contributed by atoms with Gasteiger partial charge in [0.1, 0.15) is 38.5 Å². The molecule has 0 unspecified atom stereocenters. The summed E-state index contributed by atoms with van der Waals surface area (Å²) in [5.74, 6) is 3.18. The second-order valence-electron chi connectivity index (χ2n) is 21.6. The minimum Gasteiger partial charge on any atom is -0.487 e. The number of halogens is 1. The number of esters is 1. The number of ether oxygens (including phenoxy) is 4. The number of carbonyl (C=O) groups excluding carboxylic acids is 1. The molecule has 0 atom stereocenters. The number of aliphatic carboxylic acids is 1. The Bertz CT molecular complexity index is 3230. The average molecular weight is 1070 g/mol. The van der Waals surface area contributed by atoms with Crippen LogP contribution in [0, 0.1) is 26.2 Å². The number of terminal acetylenes is 1. The van der Waals surface area contributed by atoms with Gasteiger partial charge < -0.3 is 34.3 Å². The van der Waals surface area contributed by atoms with Crippen molar-refractivity contribution in [1.29, 1.82) is 0 Å². The van der Waals surface area contributed by atoms with Crippen molar-refractivity contribution in [1.82, 2.24) is 9.97 Å². The molecule has 13 heteroatoms. The fourth-order valence-corrected chi connectivity index (χ4v) is 11.2. The van der Waals surface area contributed by atoms with Gasteiger partial charge >= 0.3 is 11.9 Å². The normalized spacial score (nSPS) is 16.5. The summed E-state index contributed by atoms with van der Waals surface area (Å²) in [6.07, 6.45) is 24.4. The lowest BCUT2D eigenvalue weighted by Crippen LogP contribution is -2.28. The summed E-state index contributed by atoms with van der Waals surface area (Å²) in [6, 6.07) is 24.6. The molecular formula is C65H75ClN5O7+. The van der Waals surface area contributed by atoms with Gasteiger partial charge in [-0.2, -0.15) is 4.58 Å². The Labute approximate surface area is 465 Å². The SMILES string of the molecule is C#Cc1cccc(Nc2ncnc3cc(OCCOC)c(OCCOC(=O)CCCCCN4C(=CC=C5CCCC(C=CC6=[N+](CCCCCC(=O)O)c7ccc(C)cc7C6(C)C)=C5Cl)C(C)(C)c5cc(C)ccc54)cc23)c1. The van der Waals surface area contributed by atoms with Crippen molar-refractivity contribution in [3.8, 4) is 23.8 Å². The molecule has 78 heavy (non-hydrogen) atoms. The molecule has 1 aromatic heterocycles. The molecule has 0 radical (unpaired) electrons. The summed E-state index contributed by atoms with van der Waals surface area (Å²) in [6.45, 7) is 16.0. The van der Waals surface area contributed by atoms with E-state index in [1.807, 2.05) is 30.3 Å². The zero-order valence-corrected chi connectivity index (χ0v) is 47.2. The van der Waals surface area contributed by atoms with E-state index in [-0.39, 0.29) is 36.4 Å². The number of hydrogen-bond acceptors (Lipinski definition) is 10. The number of methoxy groups -OCH3 is 1. The Morgan fingerprint density at radius 3 is 2.35 bits per heavy atom. The number of unbranched alkanes of at least 4 members (excludes halogenated alkanes) is 4. The second kappa shape index (κ2) is 26.0. The van der Waals surface area contributed by atoms with E-state index in [0.29, 0.717) is 60.7 Å². The third kappa shape index (κ3) is 13.5. The van der Waals surface area contributed by atoms with Crippen LogP contribution < -0.4 is 19.7 Å². The zero-order valence-electron chi connectivity index (χ0n) is 46.5. The lowest BCUT2D eigenvalue weighted by molar-refractivity contribution is -0.438. The van der Waals surface area contributed by atoms with Crippen LogP contribution in [-0.2, 0) is 29.9 Å². The van der Waals surface area contributed by atoms with E-state index in [4.69, 9.17) is 37.0 Å². The number of allylic oxidation sites excluding steroid dienone is 8. The number of nitrogens with one attached hydrogen (secondary N) is 1. The van der Waals surface area contributed by atoms with Crippen LogP contribution in [-0.4, -0.2) is 83.9 Å². The van der Waals surface area contributed by atoms with Crippen molar-refractivity contribution in [2.45, 2.75) is 123 Å². The van der Waals surface area contributed by atoms with Crippen molar-refractivity contribution in [2.75, 3.05) is 56.8 Å². The van der Waals surface area contributed by atoms with E-state index in [0.717, 1.165) is 85.5 Å². The standard InChI is InChI=1S/C65H74ClN5O7/c1-9-46-18-16-21-49(40-46)69-63-50-41-56(57(76-35-34-75-8)42-53(50)67-43-68-63)77-36-37-78-61(74)23-13-11-15-33-71-55-29-25-45(3)39-52(55)65(6,7)59(71)31-27-48-20-17-19-47(62(48)66)26-30-58-64(4,5)51-38-44(2)24-28-54(51)70(58)32-14-10-12-22-60(72)73/h1,16,18,21,24-31,38-43H,10-15,17,19-20,22-23,32-37H2,2-8H3,(H-,67,68,69,72,73)/p+1. The van der Waals surface area contributed by atoms with Crippen molar-refractivity contribution in [2.24, 2.45) is 0 Å². The number of hydrogen-bond donors (Lipinski definition) is 2. The lowest BCUT2D eigenvalue weighted by atomic mass is 9.80. The second-order valence-corrected chi connectivity index (χ2v) is 21.9. The van der Waals surface area contributed by atoms with Crippen LogP contribution in [0.15, 0.2) is 125 Å². The molecule has 0 saturated heterocycles. The van der Waals surface area contributed by atoms with Gasteiger partial charge in [-0.25, -0.2) is 9.97 Å². The number of nitrogens with zero attached hydrogens (tertiary/aromatic N) is 4. The zero-order chi connectivity index (χ0) is 55.4. The van der Waals surface area contributed by atoms with Crippen LogP contribution in [0.4, 0.5) is 22.9 Å². The predicted octanol–water partition coefficient (Wildman–Crippen LogP) is 14.0. The topological polar surface area (TPSA) is 135 Å². The molecule has 0 amide bonds. The number of aromatic nitrogens is 2. The fraction of sp³-hybridized carbons (Fsp3) is 0.400. The molecule has 408 valence electrons. The van der Waals surface area contributed by atoms with Gasteiger partial charge in [0.2, 0.25) is 5.69 Å². The molecule has 3 heterocycles. The molecule has 0 spiro atoms. The number of aryl methyl sites for hydroxylation is 2. The van der Waals surface area contributed by atoms with Gasteiger partial charge in [0.15, 0.2) is 17.2 Å². The highest BCUT2D eigenvalue weighted by molar-refractivity contribution is 6.32. The van der Waals surface area contributed by atoms with Crippen LogP contribution in [0.5, 0.6) is 11.5 Å².